The van der Waals surface area contributed by atoms with Crippen LogP contribution in [0.15, 0.2) is 24.4 Å². The smallest absolute Gasteiger partial charge is 0.226 e. The Labute approximate surface area is 181 Å². The van der Waals surface area contributed by atoms with Gasteiger partial charge >= 0.3 is 0 Å². The largest absolute Gasteiger partial charge is 0.345 e. The number of aromatic nitrogens is 1. The average Bonchev–Trinajstić information content (AvgIpc) is 3.14. The number of fused-ring (bicyclic) bond motifs is 2. The van der Waals surface area contributed by atoms with Gasteiger partial charge in [0.1, 0.15) is 0 Å². The summed E-state index contributed by atoms with van der Waals surface area (Å²) < 4.78 is 2.44. The Kier molecular flexibility index (Phi) is 5.17. The molecule has 1 saturated heterocycles. The molecule has 4 nitrogen and oxygen atoms in total. The number of carbonyl (C=O) groups is 1. The number of rotatable bonds is 3. The molecule has 1 amide bonds. The summed E-state index contributed by atoms with van der Waals surface area (Å²) in [6.07, 6.45) is 10.7. The van der Waals surface area contributed by atoms with Gasteiger partial charge in [0.05, 0.1) is 5.92 Å². The van der Waals surface area contributed by atoms with E-state index in [0.29, 0.717) is 30.0 Å². The van der Waals surface area contributed by atoms with Crippen molar-refractivity contribution in [3.63, 3.8) is 0 Å². The van der Waals surface area contributed by atoms with E-state index >= 15 is 0 Å². The van der Waals surface area contributed by atoms with Crippen molar-refractivity contribution in [3.8, 4) is 0 Å². The zero-order valence-corrected chi connectivity index (χ0v) is 19.1. The van der Waals surface area contributed by atoms with Gasteiger partial charge < -0.3 is 14.4 Å². The number of hydrogen-bond donors (Lipinski definition) is 0. The number of piperidine rings is 1. The van der Waals surface area contributed by atoms with Gasteiger partial charge in [0.2, 0.25) is 5.91 Å². The van der Waals surface area contributed by atoms with Gasteiger partial charge in [0.15, 0.2) is 0 Å². The van der Waals surface area contributed by atoms with E-state index in [1.807, 2.05) is 0 Å². The Morgan fingerprint density at radius 1 is 1.17 bits per heavy atom. The van der Waals surface area contributed by atoms with Crippen LogP contribution in [0.5, 0.6) is 0 Å². The fraction of sp³-hybridized carbons (Fsp3) is 0.654. The van der Waals surface area contributed by atoms with E-state index in [-0.39, 0.29) is 5.92 Å². The normalized spacial score (nSPS) is 27.4. The first kappa shape index (κ1) is 20.1. The lowest BCUT2D eigenvalue weighted by Crippen LogP contribution is -2.52. The van der Waals surface area contributed by atoms with Gasteiger partial charge in [0, 0.05) is 54.7 Å². The third-order valence-corrected chi connectivity index (χ3v) is 8.25. The number of likely N-dealkylation sites (N-methyl/N-ethyl adjacent to an activating group) is 1. The summed E-state index contributed by atoms with van der Waals surface area (Å²) >= 11 is 0. The molecule has 0 bridgehead atoms. The van der Waals surface area contributed by atoms with Gasteiger partial charge in [-0.2, -0.15) is 0 Å². The van der Waals surface area contributed by atoms with E-state index in [0.717, 1.165) is 19.4 Å². The predicted octanol–water partition coefficient (Wildman–Crippen LogP) is 4.97. The van der Waals surface area contributed by atoms with E-state index < -0.39 is 0 Å². The summed E-state index contributed by atoms with van der Waals surface area (Å²) in [5.74, 6) is 0.953. The highest BCUT2D eigenvalue weighted by atomic mass is 16.2. The highest BCUT2D eigenvalue weighted by molar-refractivity contribution is 5.89. The lowest BCUT2D eigenvalue weighted by Gasteiger charge is -2.46. The Morgan fingerprint density at radius 2 is 1.93 bits per heavy atom. The van der Waals surface area contributed by atoms with Crippen molar-refractivity contribution in [2.45, 2.75) is 82.8 Å². The van der Waals surface area contributed by atoms with Crippen LogP contribution >= 0.6 is 0 Å². The summed E-state index contributed by atoms with van der Waals surface area (Å²) in [7, 11) is 4.30. The number of likely N-dealkylation sites (tertiary alicyclic amines) is 1. The van der Waals surface area contributed by atoms with Crippen molar-refractivity contribution in [2.75, 3.05) is 20.6 Å². The molecule has 2 aliphatic carbocycles. The number of benzene rings is 1. The molecule has 1 saturated carbocycles. The summed E-state index contributed by atoms with van der Waals surface area (Å²) in [6, 6.07) is 8.26. The van der Waals surface area contributed by atoms with Gasteiger partial charge in [-0.05, 0) is 63.8 Å². The zero-order valence-electron chi connectivity index (χ0n) is 19.1. The van der Waals surface area contributed by atoms with E-state index in [1.54, 1.807) is 0 Å². The van der Waals surface area contributed by atoms with E-state index in [9.17, 15) is 4.79 Å². The molecule has 5 rings (SSSR count). The van der Waals surface area contributed by atoms with Crippen LogP contribution in [-0.2, 0) is 11.2 Å². The van der Waals surface area contributed by atoms with Crippen molar-refractivity contribution in [1.29, 1.82) is 0 Å². The van der Waals surface area contributed by atoms with Crippen LogP contribution in [0, 0.1) is 5.92 Å². The molecule has 0 spiro atoms. The molecule has 1 aliphatic heterocycles. The predicted molar refractivity (Wildman–Crippen MR) is 123 cm³/mol. The first-order valence-electron chi connectivity index (χ1n) is 12.0. The molecule has 2 fully saturated rings. The Hall–Kier alpha value is -1.81. The van der Waals surface area contributed by atoms with Crippen molar-refractivity contribution in [1.82, 2.24) is 14.4 Å². The molecular weight excluding hydrogens is 370 g/mol. The quantitative estimate of drug-likeness (QED) is 0.718. The maximum atomic E-state index is 13.5. The molecule has 1 aromatic heterocycles. The standard InChI is InChI=1S/C26H37N3O/c1-17(2)29-16-18-14-24-22(21-11-8-12-23(29)25(18)21)13-19(15-27(24)3)26(30)28(4)20-9-6-5-7-10-20/h8,11-12,16-17,19-20,22,24H,5-7,9-10,13-15H2,1-4H3/t19-,22-,24-/m1/s1. The van der Waals surface area contributed by atoms with Crippen molar-refractivity contribution in [2.24, 2.45) is 5.92 Å². The lowest BCUT2D eigenvalue weighted by atomic mass is 9.72. The van der Waals surface area contributed by atoms with Crippen molar-refractivity contribution in [3.05, 3.63) is 35.5 Å². The SMILES string of the molecule is CC(C)n1cc2c3c(cccc31)[C@H]1C[C@@H](C(=O)N(C)C3CCCCC3)CN(C)[C@@H]1C2. The van der Waals surface area contributed by atoms with E-state index in [4.69, 9.17) is 0 Å². The van der Waals surface area contributed by atoms with E-state index in [1.165, 1.54) is 54.1 Å². The minimum atomic E-state index is 0.118. The maximum absolute atomic E-state index is 13.5. The van der Waals surface area contributed by atoms with Gasteiger partial charge in [-0.15, -0.1) is 0 Å². The Bertz CT molecular complexity index is 939. The van der Waals surface area contributed by atoms with Gasteiger partial charge in [-0.3, -0.25) is 4.79 Å². The molecule has 0 unspecified atom stereocenters. The van der Waals surface area contributed by atoms with Crippen LogP contribution in [0.4, 0.5) is 0 Å². The monoisotopic (exact) mass is 407 g/mol. The highest BCUT2D eigenvalue weighted by Gasteiger charge is 2.43. The zero-order chi connectivity index (χ0) is 21.0. The molecule has 1 aromatic carbocycles. The molecular formula is C26H37N3O. The molecule has 162 valence electrons. The van der Waals surface area contributed by atoms with Crippen LogP contribution in [0.1, 0.15) is 75.5 Å². The van der Waals surface area contributed by atoms with Crippen LogP contribution in [0.3, 0.4) is 0 Å². The topological polar surface area (TPSA) is 28.5 Å². The molecule has 0 N–H and O–H groups in total. The first-order valence-corrected chi connectivity index (χ1v) is 12.0. The van der Waals surface area contributed by atoms with Crippen LogP contribution in [0.25, 0.3) is 10.9 Å². The van der Waals surface area contributed by atoms with Crippen LogP contribution < -0.4 is 0 Å². The second-order valence-corrected chi connectivity index (χ2v) is 10.4. The molecule has 2 aromatic rings. The third-order valence-electron chi connectivity index (χ3n) is 8.25. The minimum absolute atomic E-state index is 0.118. The van der Waals surface area contributed by atoms with Gasteiger partial charge in [0.25, 0.3) is 0 Å². The van der Waals surface area contributed by atoms with Crippen LogP contribution in [-0.4, -0.2) is 53.0 Å². The highest BCUT2D eigenvalue weighted by Crippen LogP contribution is 2.45. The Balaban J connectivity index is 1.45. The molecule has 2 heterocycles. The molecule has 3 atom stereocenters. The summed E-state index contributed by atoms with van der Waals surface area (Å²) in [6.45, 7) is 5.43. The molecule has 3 aliphatic rings. The van der Waals surface area contributed by atoms with Crippen molar-refractivity contribution < 1.29 is 4.79 Å². The average molecular weight is 408 g/mol. The second kappa shape index (κ2) is 7.71. The fourth-order valence-corrected chi connectivity index (χ4v) is 6.62. The van der Waals surface area contributed by atoms with Crippen LogP contribution in [0.2, 0.25) is 0 Å². The summed E-state index contributed by atoms with van der Waals surface area (Å²) in [5.41, 5.74) is 4.33. The van der Waals surface area contributed by atoms with E-state index in [2.05, 4.69) is 66.7 Å². The first-order chi connectivity index (χ1) is 14.5. The number of amides is 1. The fourth-order valence-electron chi connectivity index (χ4n) is 6.62. The van der Waals surface area contributed by atoms with Gasteiger partial charge in [-0.25, -0.2) is 0 Å². The lowest BCUT2D eigenvalue weighted by molar-refractivity contribution is -0.139. The summed E-state index contributed by atoms with van der Waals surface area (Å²) in [5, 5.41) is 1.47. The molecule has 30 heavy (non-hydrogen) atoms. The Morgan fingerprint density at radius 3 is 2.67 bits per heavy atom. The van der Waals surface area contributed by atoms with Crippen molar-refractivity contribution >= 4 is 16.8 Å². The number of carbonyl (C=O) groups excluding carboxylic acids is 1. The van der Waals surface area contributed by atoms with Gasteiger partial charge in [-0.1, -0.05) is 31.4 Å². The second-order valence-electron chi connectivity index (χ2n) is 10.4. The number of hydrogen-bond acceptors (Lipinski definition) is 2. The molecule has 0 radical (unpaired) electrons. The number of nitrogens with zero attached hydrogens (tertiary/aromatic N) is 3. The summed E-state index contributed by atoms with van der Waals surface area (Å²) in [4.78, 5) is 18.1. The third kappa shape index (κ3) is 3.19. The maximum Gasteiger partial charge on any atom is 0.226 e. The molecule has 4 heteroatoms. The minimum Gasteiger partial charge on any atom is -0.345 e.